The van der Waals surface area contributed by atoms with Gasteiger partial charge in [0.2, 0.25) is 5.91 Å². The highest BCUT2D eigenvalue weighted by Gasteiger charge is 2.13. The summed E-state index contributed by atoms with van der Waals surface area (Å²) < 4.78 is 2.43. The van der Waals surface area contributed by atoms with E-state index < -0.39 is 0 Å². The molecule has 22 heavy (non-hydrogen) atoms. The third-order valence-electron chi connectivity index (χ3n) is 3.73. The van der Waals surface area contributed by atoms with E-state index in [1.807, 2.05) is 54.5 Å². The van der Waals surface area contributed by atoms with Gasteiger partial charge in [-0.25, -0.2) is 0 Å². The Hall–Kier alpha value is -1.95. The molecule has 6 heteroatoms. The molecule has 0 unspecified atom stereocenters. The van der Waals surface area contributed by atoms with E-state index in [1.165, 1.54) is 5.56 Å². The van der Waals surface area contributed by atoms with Gasteiger partial charge in [0.15, 0.2) is 10.6 Å². The Balaban J connectivity index is 2.18. The number of amides is 1. The van der Waals surface area contributed by atoms with E-state index in [9.17, 15) is 4.79 Å². The number of carbonyl (C=O) groups is 1. The van der Waals surface area contributed by atoms with E-state index in [1.54, 1.807) is 0 Å². The Bertz CT molecular complexity index is 683. The Morgan fingerprint density at radius 3 is 2.50 bits per heavy atom. The van der Waals surface area contributed by atoms with Gasteiger partial charge < -0.3 is 4.90 Å². The first kappa shape index (κ1) is 16.4. The zero-order valence-corrected chi connectivity index (χ0v) is 14.1. The minimum atomic E-state index is 0.142. The number of nitrogens with one attached hydrogen (secondary N) is 1. The lowest BCUT2D eigenvalue weighted by Gasteiger charge is -2.18. The summed E-state index contributed by atoms with van der Waals surface area (Å²) >= 11 is 5.29. The van der Waals surface area contributed by atoms with Crippen LogP contribution in [0.4, 0.5) is 0 Å². The van der Waals surface area contributed by atoms with Crippen molar-refractivity contribution in [2.75, 3.05) is 13.1 Å². The molecule has 1 amide bonds. The first-order valence-corrected chi connectivity index (χ1v) is 7.97. The van der Waals surface area contributed by atoms with Crippen molar-refractivity contribution in [1.29, 1.82) is 0 Å². The standard InChI is InChI=1S/C16H22N4OS/c1-4-19(5-2)14(21)10-11-20-15(17-18-16(20)22)13-8-6-12(3)7-9-13/h6-9H,4-5,10-11H2,1-3H3,(H,18,22). The smallest absolute Gasteiger partial charge is 0.224 e. The van der Waals surface area contributed by atoms with Crippen molar-refractivity contribution >= 4 is 18.1 Å². The van der Waals surface area contributed by atoms with Crippen LogP contribution in [0.15, 0.2) is 24.3 Å². The molecule has 0 radical (unpaired) electrons. The van der Waals surface area contributed by atoms with Crippen molar-refractivity contribution in [3.8, 4) is 11.4 Å². The van der Waals surface area contributed by atoms with Gasteiger partial charge in [-0.3, -0.25) is 14.5 Å². The summed E-state index contributed by atoms with van der Waals surface area (Å²) in [6.45, 7) is 8.02. The number of H-pyrrole nitrogens is 1. The molecule has 1 heterocycles. The van der Waals surface area contributed by atoms with E-state index in [4.69, 9.17) is 12.2 Å². The first-order valence-electron chi connectivity index (χ1n) is 7.56. The van der Waals surface area contributed by atoms with Gasteiger partial charge in [0.1, 0.15) is 0 Å². The summed E-state index contributed by atoms with van der Waals surface area (Å²) in [7, 11) is 0. The topological polar surface area (TPSA) is 53.9 Å². The fraction of sp³-hybridized carbons (Fsp3) is 0.438. The van der Waals surface area contributed by atoms with Gasteiger partial charge in [-0.05, 0) is 33.0 Å². The molecule has 118 valence electrons. The molecule has 0 spiro atoms. The molecular weight excluding hydrogens is 296 g/mol. The van der Waals surface area contributed by atoms with Crippen molar-refractivity contribution in [3.63, 3.8) is 0 Å². The molecule has 0 aliphatic heterocycles. The summed E-state index contributed by atoms with van der Waals surface area (Å²) in [5, 5.41) is 7.12. The zero-order chi connectivity index (χ0) is 16.1. The number of hydrogen-bond donors (Lipinski definition) is 1. The van der Waals surface area contributed by atoms with Gasteiger partial charge in [0.25, 0.3) is 0 Å². The maximum atomic E-state index is 12.2. The van der Waals surface area contributed by atoms with E-state index in [0.29, 0.717) is 17.7 Å². The molecule has 5 nitrogen and oxygen atoms in total. The van der Waals surface area contributed by atoms with Crippen molar-refractivity contribution in [2.45, 2.75) is 33.7 Å². The normalized spacial score (nSPS) is 10.7. The third kappa shape index (κ3) is 3.62. The predicted molar refractivity (Wildman–Crippen MR) is 90.1 cm³/mol. The lowest BCUT2D eigenvalue weighted by atomic mass is 10.1. The molecule has 2 rings (SSSR count). The van der Waals surface area contributed by atoms with E-state index in [0.717, 1.165) is 24.5 Å². The molecule has 1 aromatic carbocycles. The Kier molecular flexibility index (Phi) is 5.49. The third-order valence-corrected chi connectivity index (χ3v) is 4.05. The number of aromatic nitrogens is 3. The van der Waals surface area contributed by atoms with Crippen LogP contribution in [0.25, 0.3) is 11.4 Å². The number of aryl methyl sites for hydroxylation is 1. The lowest BCUT2D eigenvalue weighted by Crippen LogP contribution is -2.31. The van der Waals surface area contributed by atoms with Crippen molar-refractivity contribution < 1.29 is 4.79 Å². The van der Waals surface area contributed by atoms with Crippen molar-refractivity contribution in [3.05, 3.63) is 34.6 Å². The summed E-state index contributed by atoms with van der Waals surface area (Å²) in [5.41, 5.74) is 2.19. The average Bonchev–Trinajstić information content (AvgIpc) is 2.88. The van der Waals surface area contributed by atoms with Crippen LogP contribution in [0.1, 0.15) is 25.8 Å². The van der Waals surface area contributed by atoms with Crippen LogP contribution in [0.3, 0.4) is 0 Å². The lowest BCUT2D eigenvalue weighted by molar-refractivity contribution is -0.131. The molecule has 1 aromatic heterocycles. The summed E-state index contributed by atoms with van der Waals surface area (Å²) in [5.74, 6) is 0.917. The van der Waals surface area contributed by atoms with E-state index in [-0.39, 0.29) is 5.91 Å². The first-order chi connectivity index (χ1) is 10.6. The van der Waals surface area contributed by atoms with Gasteiger partial charge in [0, 0.05) is 31.6 Å². The van der Waals surface area contributed by atoms with Crippen LogP contribution in [0, 0.1) is 11.7 Å². The second-order valence-electron chi connectivity index (χ2n) is 5.19. The predicted octanol–water partition coefficient (Wildman–Crippen LogP) is 3.17. The number of carbonyl (C=O) groups excluding carboxylic acids is 1. The fourth-order valence-corrected chi connectivity index (χ4v) is 2.61. The highest BCUT2D eigenvalue weighted by molar-refractivity contribution is 7.71. The fourth-order valence-electron chi connectivity index (χ4n) is 2.39. The second-order valence-corrected chi connectivity index (χ2v) is 5.57. The quantitative estimate of drug-likeness (QED) is 0.832. The molecule has 0 atom stereocenters. The van der Waals surface area contributed by atoms with Gasteiger partial charge in [-0.2, -0.15) is 5.10 Å². The Morgan fingerprint density at radius 1 is 1.27 bits per heavy atom. The number of benzene rings is 1. The van der Waals surface area contributed by atoms with Gasteiger partial charge >= 0.3 is 0 Å². The minimum Gasteiger partial charge on any atom is -0.343 e. The Labute approximate surface area is 136 Å². The number of nitrogens with zero attached hydrogens (tertiary/aromatic N) is 3. The molecule has 0 saturated heterocycles. The van der Waals surface area contributed by atoms with Gasteiger partial charge in [-0.15, -0.1) is 0 Å². The summed E-state index contributed by atoms with van der Waals surface area (Å²) in [6.07, 6.45) is 0.425. The van der Waals surface area contributed by atoms with E-state index >= 15 is 0 Å². The maximum Gasteiger partial charge on any atom is 0.224 e. The minimum absolute atomic E-state index is 0.142. The molecule has 1 N–H and O–H groups in total. The summed E-state index contributed by atoms with van der Waals surface area (Å²) in [4.78, 5) is 14.0. The highest BCUT2D eigenvalue weighted by atomic mass is 32.1. The molecule has 0 bridgehead atoms. The maximum absolute atomic E-state index is 12.2. The molecule has 0 saturated carbocycles. The van der Waals surface area contributed by atoms with Crippen LogP contribution < -0.4 is 0 Å². The Morgan fingerprint density at radius 2 is 1.91 bits per heavy atom. The zero-order valence-electron chi connectivity index (χ0n) is 13.3. The highest BCUT2D eigenvalue weighted by Crippen LogP contribution is 2.18. The van der Waals surface area contributed by atoms with Crippen LogP contribution in [-0.2, 0) is 11.3 Å². The molecule has 2 aromatic rings. The van der Waals surface area contributed by atoms with Crippen molar-refractivity contribution in [2.24, 2.45) is 0 Å². The van der Waals surface area contributed by atoms with Crippen LogP contribution in [0.2, 0.25) is 0 Å². The number of hydrogen-bond acceptors (Lipinski definition) is 3. The summed E-state index contributed by atoms with van der Waals surface area (Å²) in [6, 6.07) is 8.11. The van der Waals surface area contributed by atoms with Crippen LogP contribution in [0.5, 0.6) is 0 Å². The average molecular weight is 318 g/mol. The largest absolute Gasteiger partial charge is 0.343 e. The molecule has 0 fully saturated rings. The van der Waals surface area contributed by atoms with Gasteiger partial charge in [-0.1, -0.05) is 29.8 Å². The van der Waals surface area contributed by atoms with E-state index in [2.05, 4.69) is 10.2 Å². The van der Waals surface area contributed by atoms with Crippen molar-refractivity contribution in [1.82, 2.24) is 19.7 Å². The monoisotopic (exact) mass is 318 g/mol. The SMILES string of the molecule is CCN(CC)C(=O)CCn1c(-c2ccc(C)cc2)n[nH]c1=S. The van der Waals surface area contributed by atoms with Crippen LogP contribution >= 0.6 is 12.2 Å². The molecule has 0 aliphatic carbocycles. The molecular formula is C16H22N4OS. The van der Waals surface area contributed by atoms with Gasteiger partial charge in [0.05, 0.1) is 0 Å². The number of rotatable bonds is 6. The second kappa shape index (κ2) is 7.35. The molecule has 0 aliphatic rings. The van der Waals surface area contributed by atoms with Crippen LogP contribution in [-0.4, -0.2) is 38.7 Å². The number of aromatic amines is 1.